The molecule has 0 aliphatic rings. The maximum absolute atomic E-state index is 11.5. The summed E-state index contributed by atoms with van der Waals surface area (Å²) in [5.41, 5.74) is 9.55. The molecule has 3 aromatic carbocycles. The number of rotatable bonds is 4. The fraction of sp³-hybridized carbons (Fsp3) is 0. The molecule has 0 saturated carbocycles. The summed E-state index contributed by atoms with van der Waals surface area (Å²) in [6, 6.07) is 23.1. The fourth-order valence-electron chi connectivity index (χ4n) is 2.36. The van der Waals surface area contributed by atoms with E-state index in [0.29, 0.717) is 16.3 Å². The van der Waals surface area contributed by atoms with Crippen LogP contribution in [0.25, 0.3) is 11.1 Å². The number of nitrogens with two attached hydrogens (primary N) is 1. The Morgan fingerprint density at radius 2 is 1.52 bits per heavy atom. The van der Waals surface area contributed by atoms with E-state index in [0.717, 1.165) is 16.8 Å². The lowest BCUT2D eigenvalue weighted by molar-refractivity contribution is 0.100. The van der Waals surface area contributed by atoms with E-state index in [-0.39, 0.29) is 0 Å². The van der Waals surface area contributed by atoms with Crippen LogP contribution in [0, 0.1) is 0 Å². The van der Waals surface area contributed by atoms with Crippen molar-refractivity contribution in [2.24, 2.45) is 5.73 Å². The van der Waals surface area contributed by atoms with E-state index in [1.54, 1.807) is 18.2 Å². The molecule has 0 heterocycles. The average Bonchev–Trinajstić information content (AvgIpc) is 2.58. The number of anilines is 2. The Kier molecular flexibility index (Phi) is 4.31. The van der Waals surface area contributed by atoms with Crippen LogP contribution in [0.4, 0.5) is 11.4 Å². The van der Waals surface area contributed by atoms with Crippen LogP contribution < -0.4 is 11.1 Å². The molecule has 3 aromatic rings. The van der Waals surface area contributed by atoms with Gasteiger partial charge in [-0.1, -0.05) is 54.1 Å². The van der Waals surface area contributed by atoms with Gasteiger partial charge < -0.3 is 11.1 Å². The first-order valence-electron chi connectivity index (χ1n) is 7.15. The van der Waals surface area contributed by atoms with Crippen LogP contribution >= 0.6 is 11.6 Å². The molecule has 0 saturated heterocycles. The van der Waals surface area contributed by atoms with Crippen molar-refractivity contribution in [1.29, 1.82) is 0 Å². The summed E-state index contributed by atoms with van der Waals surface area (Å²) in [7, 11) is 0. The first kappa shape index (κ1) is 15.1. The van der Waals surface area contributed by atoms with E-state index in [4.69, 9.17) is 17.3 Å². The van der Waals surface area contributed by atoms with Crippen LogP contribution in [0.1, 0.15) is 10.4 Å². The van der Waals surface area contributed by atoms with Crippen LogP contribution in [-0.2, 0) is 0 Å². The Morgan fingerprint density at radius 1 is 0.870 bits per heavy atom. The Balaban J connectivity index is 1.86. The molecule has 0 spiro atoms. The molecule has 1 amide bonds. The van der Waals surface area contributed by atoms with Crippen LogP contribution in [0.3, 0.4) is 0 Å². The predicted octanol–water partition coefficient (Wildman–Crippen LogP) is 4.85. The van der Waals surface area contributed by atoms with Crippen molar-refractivity contribution < 1.29 is 4.79 Å². The number of hydrogen-bond acceptors (Lipinski definition) is 2. The highest BCUT2D eigenvalue weighted by molar-refractivity contribution is 6.31. The summed E-state index contributed by atoms with van der Waals surface area (Å²) in [6.45, 7) is 0. The molecule has 0 radical (unpaired) electrons. The SMILES string of the molecule is NC(=O)c1cc(Cl)ccc1Nc1ccc(-c2ccccc2)cc1. The van der Waals surface area contributed by atoms with E-state index < -0.39 is 5.91 Å². The smallest absolute Gasteiger partial charge is 0.250 e. The maximum atomic E-state index is 11.5. The highest BCUT2D eigenvalue weighted by atomic mass is 35.5. The van der Waals surface area contributed by atoms with Gasteiger partial charge in [0.25, 0.3) is 5.91 Å². The van der Waals surface area contributed by atoms with Gasteiger partial charge >= 0.3 is 0 Å². The lowest BCUT2D eigenvalue weighted by Crippen LogP contribution is -2.13. The zero-order valence-corrected chi connectivity index (χ0v) is 13.0. The van der Waals surface area contributed by atoms with Gasteiger partial charge in [-0.2, -0.15) is 0 Å². The van der Waals surface area contributed by atoms with E-state index in [1.807, 2.05) is 42.5 Å². The van der Waals surface area contributed by atoms with Gasteiger partial charge in [0, 0.05) is 10.7 Å². The third-order valence-corrected chi connectivity index (χ3v) is 3.75. The predicted molar refractivity (Wildman–Crippen MR) is 95.1 cm³/mol. The minimum absolute atomic E-state index is 0.365. The standard InChI is InChI=1S/C19H15ClN2O/c20-15-8-11-18(17(12-15)19(21)23)22-16-9-6-14(7-10-16)13-4-2-1-3-5-13/h1-12,22H,(H2,21,23). The zero-order chi connectivity index (χ0) is 16.2. The van der Waals surface area contributed by atoms with Crippen molar-refractivity contribution in [2.75, 3.05) is 5.32 Å². The van der Waals surface area contributed by atoms with Crippen molar-refractivity contribution in [3.63, 3.8) is 0 Å². The highest BCUT2D eigenvalue weighted by Gasteiger charge is 2.09. The Bertz CT molecular complexity index is 830. The number of primary amides is 1. The van der Waals surface area contributed by atoms with Crippen LogP contribution in [0.2, 0.25) is 5.02 Å². The van der Waals surface area contributed by atoms with Gasteiger partial charge in [-0.3, -0.25) is 4.79 Å². The summed E-state index contributed by atoms with van der Waals surface area (Å²) < 4.78 is 0. The summed E-state index contributed by atoms with van der Waals surface area (Å²) >= 11 is 5.92. The first-order valence-corrected chi connectivity index (χ1v) is 7.53. The minimum Gasteiger partial charge on any atom is -0.366 e. The number of nitrogens with one attached hydrogen (secondary N) is 1. The molecule has 0 atom stereocenters. The third-order valence-electron chi connectivity index (χ3n) is 3.52. The largest absolute Gasteiger partial charge is 0.366 e. The molecular weight excluding hydrogens is 308 g/mol. The van der Waals surface area contributed by atoms with Gasteiger partial charge in [0.1, 0.15) is 0 Å². The van der Waals surface area contributed by atoms with Crippen molar-refractivity contribution >= 4 is 28.9 Å². The molecule has 0 unspecified atom stereocenters. The number of carbonyl (C=O) groups excluding carboxylic acids is 1. The van der Waals surface area contributed by atoms with Crippen molar-refractivity contribution in [3.8, 4) is 11.1 Å². The fourth-order valence-corrected chi connectivity index (χ4v) is 2.53. The minimum atomic E-state index is -0.518. The van der Waals surface area contributed by atoms with Crippen molar-refractivity contribution in [2.45, 2.75) is 0 Å². The summed E-state index contributed by atoms with van der Waals surface area (Å²) in [5, 5.41) is 3.68. The van der Waals surface area contributed by atoms with E-state index in [9.17, 15) is 4.79 Å². The molecule has 23 heavy (non-hydrogen) atoms. The van der Waals surface area contributed by atoms with E-state index in [2.05, 4.69) is 17.4 Å². The summed E-state index contributed by atoms with van der Waals surface area (Å²) in [4.78, 5) is 11.5. The number of hydrogen-bond donors (Lipinski definition) is 2. The second-order valence-electron chi connectivity index (χ2n) is 5.12. The Hall–Kier alpha value is -2.78. The molecule has 0 aliphatic carbocycles. The monoisotopic (exact) mass is 322 g/mol. The van der Waals surface area contributed by atoms with Gasteiger partial charge in [-0.05, 0) is 41.5 Å². The summed E-state index contributed by atoms with van der Waals surface area (Å²) in [6.07, 6.45) is 0. The van der Waals surface area contributed by atoms with Gasteiger partial charge in [0.2, 0.25) is 0 Å². The van der Waals surface area contributed by atoms with Crippen molar-refractivity contribution in [3.05, 3.63) is 83.4 Å². The molecule has 114 valence electrons. The summed E-state index contributed by atoms with van der Waals surface area (Å²) in [5.74, 6) is -0.518. The number of amides is 1. The second kappa shape index (κ2) is 6.55. The van der Waals surface area contributed by atoms with E-state index in [1.165, 1.54) is 0 Å². The zero-order valence-electron chi connectivity index (χ0n) is 12.3. The molecule has 0 aliphatic heterocycles. The lowest BCUT2D eigenvalue weighted by atomic mass is 10.1. The molecule has 0 fully saturated rings. The number of halogens is 1. The first-order chi connectivity index (χ1) is 11.1. The van der Waals surface area contributed by atoms with Crippen LogP contribution in [-0.4, -0.2) is 5.91 Å². The topological polar surface area (TPSA) is 55.1 Å². The molecule has 0 bridgehead atoms. The van der Waals surface area contributed by atoms with Gasteiger partial charge in [-0.15, -0.1) is 0 Å². The second-order valence-corrected chi connectivity index (χ2v) is 5.56. The molecule has 4 heteroatoms. The Morgan fingerprint density at radius 3 is 2.17 bits per heavy atom. The normalized spacial score (nSPS) is 10.3. The molecular formula is C19H15ClN2O. The van der Waals surface area contributed by atoms with E-state index >= 15 is 0 Å². The van der Waals surface area contributed by atoms with Gasteiger partial charge in [-0.25, -0.2) is 0 Å². The lowest BCUT2D eigenvalue weighted by Gasteiger charge is -2.11. The molecule has 3 nitrogen and oxygen atoms in total. The van der Waals surface area contributed by atoms with Gasteiger partial charge in [0.15, 0.2) is 0 Å². The average molecular weight is 323 g/mol. The van der Waals surface area contributed by atoms with Gasteiger partial charge in [0.05, 0.1) is 11.3 Å². The van der Waals surface area contributed by atoms with Crippen LogP contribution in [0.15, 0.2) is 72.8 Å². The quantitative estimate of drug-likeness (QED) is 0.721. The maximum Gasteiger partial charge on any atom is 0.250 e. The third kappa shape index (κ3) is 3.52. The molecule has 3 rings (SSSR count). The number of carbonyl (C=O) groups is 1. The molecule has 3 N–H and O–H groups in total. The van der Waals surface area contributed by atoms with Crippen molar-refractivity contribution in [1.82, 2.24) is 0 Å². The Labute approximate surface area is 139 Å². The van der Waals surface area contributed by atoms with Crippen LogP contribution in [0.5, 0.6) is 0 Å². The molecule has 0 aromatic heterocycles. The number of benzene rings is 3. The highest BCUT2D eigenvalue weighted by Crippen LogP contribution is 2.26.